The lowest BCUT2D eigenvalue weighted by Crippen LogP contribution is -2.14. The van der Waals surface area contributed by atoms with E-state index in [9.17, 15) is 0 Å². The molecule has 2 N–H and O–H groups in total. The van der Waals surface area contributed by atoms with E-state index in [0.29, 0.717) is 5.84 Å². The third-order valence-corrected chi connectivity index (χ3v) is 1.21. The highest BCUT2D eigenvalue weighted by atomic mass is 16.3. The van der Waals surface area contributed by atoms with Crippen LogP contribution in [0.15, 0.2) is 28.0 Å². The zero-order valence-electron chi connectivity index (χ0n) is 6.74. The van der Waals surface area contributed by atoms with E-state index in [1.807, 2.05) is 13.8 Å². The fourth-order valence-corrected chi connectivity index (χ4v) is 0.763. The summed E-state index contributed by atoms with van der Waals surface area (Å²) < 4.78 is 4.86. The predicted octanol–water partition coefficient (Wildman–Crippen LogP) is 1.39. The summed E-state index contributed by atoms with van der Waals surface area (Å²) in [7, 11) is 0. The number of hydrogen-bond acceptors (Lipinski definition) is 2. The highest BCUT2D eigenvalue weighted by Gasteiger charge is 1.99. The van der Waals surface area contributed by atoms with Crippen molar-refractivity contribution in [3.63, 3.8) is 0 Å². The van der Waals surface area contributed by atoms with E-state index in [2.05, 4.69) is 4.99 Å². The zero-order valence-corrected chi connectivity index (χ0v) is 6.74. The number of rotatable bonds is 2. The Hall–Kier alpha value is -1.25. The topological polar surface area (TPSA) is 51.5 Å². The molecule has 11 heavy (non-hydrogen) atoms. The Morgan fingerprint density at radius 3 is 2.82 bits per heavy atom. The molecule has 0 saturated heterocycles. The number of nitrogens with zero attached hydrogens (tertiary/aromatic N) is 1. The largest absolute Gasteiger partial charge is 0.472 e. The molecule has 1 aromatic heterocycles. The summed E-state index contributed by atoms with van der Waals surface area (Å²) in [5, 5.41) is 0. The van der Waals surface area contributed by atoms with Crippen molar-refractivity contribution in [2.75, 3.05) is 0 Å². The van der Waals surface area contributed by atoms with E-state index in [0.717, 1.165) is 5.56 Å². The van der Waals surface area contributed by atoms with Crippen LogP contribution < -0.4 is 5.73 Å². The molecule has 0 aliphatic heterocycles. The summed E-state index contributed by atoms with van der Waals surface area (Å²) in [6.07, 6.45) is 3.17. The van der Waals surface area contributed by atoms with Crippen molar-refractivity contribution in [1.82, 2.24) is 0 Å². The van der Waals surface area contributed by atoms with Gasteiger partial charge < -0.3 is 10.2 Å². The van der Waals surface area contributed by atoms with Gasteiger partial charge in [0.25, 0.3) is 0 Å². The van der Waals surface area contributed by atoms with Gasteiger partial charge in [0.15, 0.2) is 0 Å². The second-order valence-corrected chi connectivity index (χ2v) is 2.62. The summed E-state index contributed by atoms with van der Waals surface area (Å²) >= 11 is 0. The quantitative estimate of drug-likeness (QED) is 0.514. The molecule has 0 radical (unpaired) electrons. The molecule has 1 rings (SSSR count). The number of aliphatic imine (C=N–C) groups is 1. The van der Waals surface area contributed by atoms with Crippen molar-refractivity contribution in [3.8, 4) is 0 Å². The average molecular weight is 152 g/mol. The van der Waals surface area contributed by atoms with Crippen LogP contribution in [0.3, 0.4) is 0 Å². The molecule has 0 aliphatic carbocycles. The minimum atomic E-state index is 0.227. The Kier molecular flexibility index (Phi) is 2.31. The number of amidine groups is 1. The van der Waals surface area contributed by atoms with Crippen LogP contribution in [0.25, 0.3) is 0 Å². The summed E-state index contributed by atoms with van der Waals surface area (Å²) in [4.78, 5) is 4.15. The van der Waals surface area contributed by atoms with Crippen LogP contribution in [-0.2, 0) is 0 Å². The van der Waals surface area contributed by atoms with Crippen LogP contribution in [-0.4, -0.2) is 11.9 Å². The molecule has 0 atom stereocenters. The number of furan rings is 1. The molecular formula is C8H12N2O. The highest BCUT2D eigenvalue weighted by Crippen LogP contribution is 2.00. The molecule has 60 valence electrons. The highest BCUT2D eigenvalue weighted by molar-refractivity contribution is 5.97. The number of nitrogens with two attached hydrogens (primary N) is 1. The van der Waals surface area contributed by atoms with Gasteiger partial charge in [-0.25, -0.2) is 0 Å². The maximum atomic E-state index is 5.63. The van der Waals surface area contributed by atoms with Crippen molar-refractivity contribution in [2.45, 2.75) is 19.9 Å². The van der Waals surface area contributed by atoms with Crippen LogP contribution in [0.5, 0.6) is 0 Å². The molecule has 0 unspecified atom stereocenters. The minimum Gasteiger partial charge on any atom is -0.472 e. The average Bonchev–Trinajstić information content (AvgIpc) is 2.35. The Bertz CT molecular complexity index is 237. The van der Waals surface area contributed by atoms with E-state index in [-0.39, 0.29) is 6.04 Å². The van der Waals surface area contributed by atoms with Gasteiger partial charge in [-0.3, -0.25) is 4.99 Å². The fraction of sp³-hybridized carbons (Fsp3) is 0.375. The van der Waals surface area contributed by atoms with Crippen LogP contribution in [0.4, 0.5) is 0 Å². The lowest BCUT2D eigenvalue weighted by molar-refractivity contribution is 0.566. The van der Waals surface area contributed by atoms with Gasteiger partial charge in [0.2, 0.25) is 0 Å². The monoisotopic (exact) mass is 152 g/mol. The molecule has 0 amide bonds. The summed E-state index contributed by atoms with van der Waals surface area (Å²) in [5.41, 5.74) is 6.48. The van der Waals surface area contributed by atoms with Crippen molar-refractivity contribution >= 4 is 5.84 Å². The minimum absolute atomic E-state index is 0.227. The van der Waals surface area contributed by atoms with E-state index in [1.165, 1.54) is 0 Å². The van der Waals surface area contributed by atoms with Crippen molar-refractivity contribution in [2.24, 2.45) is 10.7 Å². The maximum Gasteiger partial charge on any atom is 0.129 e. The zero-order chi connectivity index (χ0) is 8.27. The number of hydrogen-bond donors (Lipinski definition) is 1. The Morgan fingerprint density at radius 2 is 2.36 bits per heavy atom. The van der Waals surface area contributed by atoms with Gasteiger partial charge in [-0.15, -0.1) is 0 Å². The summed E-state index contributed by atoms with van der Waals surface area (Å²) in [5.74, 6) is 0.536. The summed E-state index contributed by atoms with van der Waals surface area (Å²) in [6.45, 7) is 3.96. The van der Waals surface area contributed by atoms with Crippen molar-refractivity contribution in [3.05, 3.63) is 24.2 Å². The van der Waals surface area contributed by atoms with Crippen LogP contribution in [0.2, 0.25) is 0 Å². The first-order valence-corrected chi connectivity index (χ1v) is 3.56. The first kappa shape index (κ1) is 7.85. The molecule has 3 heteroatoms. The molecule has 1 heterocycles. The standard InChI is InChI=1S/C8H12N2O/c1-6(2)10-8(9)7-3-4-11-5-7/h3-6H,1-2H3,(H2,9,10). The van der Waals surface area contributed by atoms with Crippen LogP contribution in [0, 0.1) is 0 Å². The maximum absolute atomic E-state index is 5.63. The van der Waals surface area contributed by atoms with Gasteiger partial charge in [0.1, 0.15) is 12.1 Å². The Balaban J connectivity index is 2.77. The lowest BCUT2D eigenvalue weighted by Gasteiger charge is -1.98. The van der Waals surface area contributed by atoms with Crippen molar-refractivity contribution in [1.29, 1.82) is 0 Å². The predicted molar refractivity (Wildman–Crippen MR) is 44.6 cm³/mol. The SMILES string of the molecule is CC(C)N=C(N)c1ccoc1. The van der Waals surface area contributed by atoms with E-state index in [4.69, 9.17) is 10.2 Å². The van der Waals surface area contributed by atoms with Gasteiger partial charge in [-0.1, -0.05) is 0 Å². The Labute approximate surface area is 65.9 Å². The molecule has 0 spiro atoms. The molecule has 0 aliphatic rings. The summed E-state index contributed by atoms with van der Waals surface area (Å²) in [6, 6.07) is 2.02. The van der Waals surface area contributed by atoms with Crippen LogP contribution >= 0.6 is 0 Å². The van der Waals surface area contributed by atoms with E-state index < -0.39 is 0 Å². The van der Waals surface area contributed by atoms with Gasteiger partial charge in [-0.05, 0) is 19.9 Å². The third-order valence-electron chi connectivity index (χ3n) is 1.21. The molecule has 0 fully saturated rings. The first-order chi connectivity index (χ1) is 5.20. The third kappa shape index (κ3) is 2.11. The molecular weight excluding hydrogens is 140 g/mol. The van der Waals surface area contributed by atoms with E-state index in [1.54, 1.807) is 18.6 Å². The van der Waals surface area contributed by atoms with Gasteiger partial charge in [0.05, 0.1) is 11.8 Å². The molecule has 3 nitrogen and oxygen atoms in total. The molecule has 0 saturated carbocycles. The molecule has 0 bridgehead atoms. The lowest BCUT2D eigenvalue weighted by atomic mass is 10.3. The second-order valence-electron chi connectivity index (χ2n) is 2.62. The van der Waals surface area contributed by atoms with Crippen LogP contribution in [0.1, 0.15) is 19.4 Å². The Morgan fingerprint density at radius 1 is 1.64 bits per heavy atom. The smallest absolute Gasteiger partial charge is 0.129 e. The van der Waals surface area contributed by atoms with E-state index >= 15 is 0 Å². The van der Waals surface area contributed by atoms with Gasteiger partial charge in [-0.2, -0.15) is 0 Å². The second kappa shape index (κ2) is 3.23. The normalized spacial score (nSPS) is 12.5. The first-order valence-electron chi connectivity index (χ1n) is 3.56. The van der Waals surface area contributed by atoms with Gasteiger partial charge >= 0.3 is 0 Å². The molecule has 1 aromatic rings. The van der Waals surface area contributed by atoms with Gasteiger partial charge in [0, 0.05) is 6.04 Å². The van der Waals surface area contributed by atoms with Crippen molar-refractivity contribution < 1.29 is 4.42 Å². The fourth-order valence-electron chi connectivity index (χ4n) is 0.763. The molecule has 0 aromatic carbocycles.